The molecule has 0 unspecified atom stereocenters. The number of pyridine rings is 1. The van der Waals surface area contributed by atoms with Crippen LogP contribution in [-0.4, -0.2) is 0 Å². The highest BCUT2D eigenvalue weighted by Gasteiger charge is 2.25. The number of halogens is 1. The summed E-state index contributed by atoms with van der Waals surface area (Å²) in [4.78, 5) is 0. The minimum absolute atomic E-state index is 0.121. The first kappa shape index (κ1) is 20.0. The average molecular weight is 434 g/mol. The first-order chi connectivity index (χ1) is 15.7. The largest absolute Gasteiger partial charge is 0.868 e. The van der Waals surface area contributed by atoms with E-state index in [4.69, 9.17) is 11.6 Å². The van der Waals surface area contributed by atoms with Gasteiger partial charge in [0.25, 0.3) is 0 Å². The predicted octanol–water partition coefficient (Wildman–Crippen LogP) is 6.69. The number of benzene rings is 4. The van der Waals surface area contributed by atoms with Gasteiger partial charge in [-0.1, -0.05) is 78.3 Å². The molecule has 0 bridgehead atoms. The van der Waals surface area contributed by atoms with E-state index in [0.717, 1.165) is 33.6 Å². The maximum atomic E-state index is 13.1. The van der Waals surface area contributed by atoms with Gasteiger partial charge < -0.3 is 5.11 Å². The first-order valence-electron chi connectivity index (χ1n) is 10.4. The molecule has 32 heavy (non-hydrogen) atoms. The van der Waals surface area contributed by atoms with Gasteiger partial charge in [-0.25, -0.2) is 0 Å². The van der Waals surface area contributed by atoms with Crippen molar-refractivity contribution in [3.63, 3.8) is 0 Å². The lowest BCUT2D eigenvalue weighted by Gasteiger charge is -2.16. The molecule has 0 fully saturated rings. The van der Waals surface area contributed by atoms with Gasteiger partial charge in [-0.2, -0.15) is 4.57 Å². The average Bonchev–Trinajstić information content (AvgIpc) is 2.85. The standard InChI is InChI=1S/C29H20ClNO/c30-25-16-17-26(29(32)20-25)31-27(22-12-6-2-7-13-22)18-24(21-10-4-1-5-11-21)19-28(31)23-14-8-3-9-15-23/h1-20H. The summed E-state index contributed by atoms with van der Waals surface area (Å²) in [5.41, 5.74) is 6.68. The van der Waals surface area contributed by atoms with Crippen LogP contribution < -0.4 is 9.67 Å². The maximum absolute atomic E-state index is 13.1. The molecule has 5 rings (SSSR count). The van der Waals surface area contributed by atoms with E-state index in [2.05, 4.69) is 48.5 Å². The van der Waals surface area contributed by atoms with Gasteiger partial charge in [0, 0.05) is 34.3 Å². The smallest absolute Gasteiger partial charge is 0.219 e. The van der Waals surface area contributed by atoms with Gasteiger partial charge in [-0.3, -0.25) is 0 Å². The van der Waals surface area contributed by atoms with Gasteiger partial charge >= 0.3 is 0 Å². The Kier molecular flexibility index (Phi) is 5.45. The number of hydrogen-bond donors (Lipinski definition) is 0. The van der Waals surface area contributed by atoms with E-state index in [0.29, 0.717) is 10.7 Å². The molecule has 0 aliphatic carbocycles. The molecule has 0 amide bonds. The third kappa shape index (κ3) is 3.89. The molecule has 0 saturated heterocycles. The molecule has 0 aliphatic rings. The lowest BCUT2D eigenvalue weighted by atomic mass is 9.98. The lowest BCUT2D eigenvalue weighted by molar-refractivity contribution is -0.576. The Hall–Kier alpha value is -3.88. The summed E-state index contributed by atoms with van der Waals surface area (Å²) in [6.45, 7) is 0. The zero-order valence-electron chi connectivity index (χ0n) is 17.3. The third-order valence-corrected chi connectivity index (χ3v) is 5.71. The van der Waals surface area contributed by atoms with Crippen molar-refractivity contribution in [2.24, 2.45) is 0 Å². The van der Waals surface area contributed by atoms with Crippen LogP contribution >= 0.6 is 11.6 Å². The molecule has 5 aromatic rings. The molecule has 1 aromatic heterocycles. The Bertz CT molecular complexity index is 1310. The highest BCUT2D eigenvalue weighted by atomic mass is 35.5. The summed E-state index contributed by atoms with van der Waals surface area (Å²) < 4.78 is 2.04. The Morgan fingerprint density at radius 2 is 0.969 bits per heavy atom. The van der Waals surface area contributed by atoms with Crippen LogP contribution in [0.25, 0.3) is 39.3 Å². The molecule has 0 aliphatic heterocycles. The first-order valence-corrected chi connectivity index (χ1v) is 10.8. The van der Waals surface area contributed by atoms with Crippen molar-refractivity contribution in [3.8, 4) is 45.1 Å². The van der Waals surface area contributed by atoms with Crippen LogP contribution in [0.3, 0.4) is 0 Å². The Morgan fingerprint density at radius 1 is 0.500 bits per heavy atom. The van der Waals surface area contributed by atoms with Crippen molar-refractivity contribution in [3.05, 3.63) is 126 Å². The Balaban J connectivity index is 1.90. The summed E-state index contributed by atoms with van der Waals surface area (Å²) in [6.07, 6.45) is 0. The zero-order valence-corrected chi connectivity index (χ0v) is 18.0. The zero-order chi connectivity index (χ0) is 21.9. The summed E-state index contributed by atoms with van der Waals surface area (Å²) in [6, 6.07) is 39.9. The number of rotatable bonds is 4. The van der Waals surface area contributed by atoms with Crippen molar-refractivity contribution in [2.75, 3.05) is 0 Å². The fourth-order valence-corrected chi connectivity index (χ4v) is 4.13. The molecule has 1 heterocycles. The number of nitrogens with zero attached hydrogens (tertiary/aromatic N) is 1. The molecular formula is C29H20ClNO. The molecule has 0 spiro atoms. The molecule has 0 saturated carbocycles. The van der Waals surface area contributed by atoms with Crippen molar-refractivity contribution >= 4 is 11.6 Å². The second kappa shape index (κ2) is 8.70. The van der Waals surface area contributed by atoms with Crippen LogP contribution in [0.15, 0.2) is 121 Å². The topological polar surface area (TPSA) is 26.9 Å². The van der Waals surface area contributed by atoms with Crippen molar-refractivity contribution in [1.29, 1.82) is 0 Å². The normalized spacial score (nSPS) is 10.8. The highest BCUT2D eigenvalue weighted by molar-refractivity contribution is 6.30. The van der Waals surface area contributed by atoms with Crippen LogP contribution in [-0.2, 0) is 0 Å². The van der Waals surface area contributed by atoms with Gasteiger partial charge in [0.05, 0.1) is 0 Å². The SMILES string of the molecule is [O-]c1cc(Cl)ccc1-[n+]1c(-c2ccccc2)cc(-c2ccccc2)cc1-c1ccccc1. The van der Waals surface area contributed by atoms with Crippen LogP contribution in [0.1, 0.15) is 0 Å². The van der Waals surface area contributed by atoms with Gasteiger partial charge in [-0.05, 0) is 53.3 Å². The summed E-state index contributed by atoms with van der Waals surface area (Å²) >= 11 is 6.11. The third-order valence-electron chi connectivity index (χ3n) is 5.48. The maximum Gasteiger partial charge on any atom is 0.219 e. The van der Waals surface area contributed by atoms with Crippen LogP contribution in [0, 0.1) is 0 Å². The quantitative estimate of drug-likeness (QED) is 0.290. The van der Waals surface area contributed by atoms with E-state index in [-0.39, 0.29) is 5.75 Å². The fraction of sp³-hybridized carbons (Fsp3) is 0. The Morgan fingerprint density at radius 3 is 1.44 bits per heavy atom. The molecule has 0 atom stereocenters. The highest BCUT2D eigenvalue weighted by Crippen LogP contribution is 2.32. The van der Waals surface area contributed by atoms with Crippen molar-refractivity contribution in [1.82, 2.24) is 0 Å². The Labute approximate surface area is 192 Å². The van der Waals surface area contributed by atoms with E-state index in [1.54, 1.807) is 12.1 Å². The molecule has 2 nitrogen and oxygen atoms in total. The van der Waals surface area contributed by atoms with Crippen LogP contribution in [0.5, 0.6) is 5.75 Å². The minimum atomic E-state index is -0.121. The fourth-order valence-electron chi connectivity index (χ4n) is 3.97. The molecule has 154 valence electrons. The molecular weight excluding hydrogens is 414 g/mol. The summed E-state index contributed by atoms with van der Waals surface area (Å²) in [7, 11) is 0. The number of aromatic nitrogens is 1. The van der Waals surface area contributed by atoms with E-state index in [1.807, 2.05) is 59.2 Å². The summed E-state index contributed by atoms with van der Waals surface area (Å²) in [5.74, 6) is -0.121. The van der Waals surface area contributed by atoms with E-state index < -0.39 is 0 Å². The second-order valence-corrected chi connectivity index (χ2v) is 8.00. The molecule has 0 radical (unpaired) electrons. The van der Waals surface area contributed by atoms with E-state index in [9.17, 15) is 5.11 Å². The number of hydrogen-bond acceptors (Lipinski definition) is 1. The predicted molar refractivity (Wildman–Crippen MR) is 129 cm³/mol. The van der Waals surface area contributed by atoms with Crippen molar-refractivity contribution in [2.45, 2.75) is 0 Å². The van der Waals surface area contributed by atoms with E-state index >= 15 is 0 Å². The minimum Gasteiger partial charge on any atom is -0.868 e. The second-order valence-electron chi connectivity index (χ2n) is 7.56. The van der Waals surface area contributed by atoms with Crippen molar-refractivity contribution < 1.29 is 9.67 Å². The molecule has 4 aromatic carbocycles. The lowest BCUT2D eigenvalue weighted by Crippen LogP contribution is -2.37. The monoisotopic (exact) mass is 433 g/mol. The van der Waals surface area contributed by atoms with Gasteiger partial charge in [0.15, 0.2) is 0 Å². The van der Waals surface area contributed by atoms with Gasteiger partial charge in [0.2, 0.25) is 17.1 Å². The van der Waals surface area contributed by atoms with E-state index in [1.165, 1.54) is 6.07 Å². The van der Waals surface area contributed by atoms with Gasteiger partial charge in [0.1, 0.15) is 0 Å². The summed E-state index contributed by atoms with van der Waals surface area (Å²) in [5, 5.41) is 13.5. The molecule has 0 N–H and O–H groups in total. The molecule has 3 heteroatoms. The van der Waals surface area contributed by atoms with Crippen LogP contribution in [0.2, 0.25) is 5.02 Å². The van der Waals surface area contributed by atoms with Crippen LogP contribution in [0.4, 0.5) is 0 Å². The van der Waals surface area contributed by atoms with Gasteiger partial charge in [-0.15, -0.1) is 0 Å².